The molecule has 5 nitrogen and oxygen atoms in total. The molecule has 0 radical (unpaired) electrons. The van der Waals surface area contributed by atoms with E-state index < -0.39 is 0 Å². The molecule has 0 bridgehead atoms. The summed E-state index contributed by atoms with van der Waals surface area (Å²) in [6.07, 6.45) is 0.604. The molecule has 2 aromatic rings. The smallest absolute Gasteiger partial charge is 0.164 e. The van der Waals surface area contributed by atoms with Gasteiger partial charge in [-0.05, 0) is 18.2 Å². The molecule has 0 saturated carbocycles. The summed E-state index contributed by atoms with van der Waals surface area (Å²) in [5, 5.41) is 4.88. The molecular weight excluding hydrogens is 252 g/mol. The molecule has 0 saturated heterocycles. The zero-order chi connectivity index (χ0) is 13.1. The third-order valence-electron chi connectivity index (χ3n) is 2.67. The number of benzene rings is 1. The van der Waals surface area contributed by atoms with Crippen LogP contribution in [0.25, 0.3) is 0 Å². The number of hydrogen-bond donors (Lipinski definition) is 1. The maximum Gasteiger partial charge on any atom is 0.164 e. The van der Waals surface area contributed by atoms with E-state index in [1.54, 1.807) is 17.9 Å². The van der Waals surface area contributed by atoms with Gasteiger partial charge < -0.3 is 10.5 Å². The van der Waals surface area contributed by atoms with Gasteiger partial charge in [-0.25, -0.2) is 4.98 Å². The zero-order valence-electron chi connectivity index (χ0n) is 10.4. The quantitative estimate of drug-likeness (QED) is 0.911. The van der Waals surface area contributed by atoms with E-state index in [0.717, 1.165) is 17.1 Å². The highest BCUT2D eigenvalue weighted by molar-refractivity contribution is 6.30. The van der Waals surface area contributed by atoms with Crippen molar-refractivity contribution in [2.75, 3.05) is 7.11 Å². The molecule has 1 aromatic carbocycles. The largest absolute Gasteiger partial charge is 0.496 e. The van der Waals surface area contributed by atoms with Gasteiger partial charge in [-0.15, -0.1) is 0 Å². The van der Waals surface area contributed by atoms with Crippen molar-refractivity contribution < 1.29 is 4.74 Å². The van der Waals surface area contributed by atoms with Crippen molar-refractivity contribution in [3.8, 4) is 5.75 Å². The lowest BCUT2D eigenvalue weighted by Gasteiger charge is -2.08. The zero-order valence-corrected chi connectivity index (χ0v) is 11.1. The first-order valence-electron chi connectivity index (χ1n) is 5.55. The molecule has 1 aromatic heterocycles. The van der Waals surface area contributed by atoms with Crippen molar-refractivity contribution >= 4 is 11.6 Å². The average Bonchev–Trinajstić information content (AvgIpc) is 2.71. The van der Waals surface area contributed by atoms with Crippen molar-refractivity contribution in [3.05, 3.63) is 40.4 Å². The van der Waals surface area contributed by atoms with Crippen LogP contribution in [0, 0.1) is 0 Å². The highest BCUT2D eigenvalue weighted by Gasteiger charge is 2.10. The molecule has 18 heavy (non-hydrogen) atoms. The average molecular weight is 267 g/mol. The van der Waals surface area contributed by atoms with Crippen LogP contribution in [-0.2, 0) is 20.0 Å². The van der Waals surface area contributed by atoms with Crippen LogP contribution in [0.5, 0.6) is 5.75 Å². The number of nitrogens with zero attached hydrogens (tertiary/aromatic N) is 3. The molecule has 0 unspecified atom stereocenters. The maximum atomic E-state index is 5.99. The van der Waals surface area contributed by atoms with E-state index in [1.165, 1.54) is 0 Å². The molecule has 6 heteroatoms. The Morgan fingerprint density at radius 3 is 2.83 bits per heavy atom. The highest BCUT2D eigenvalue weighted by Crippen LogP contribution is 2.24. The standard InChI is InChI=1S/C12H15ClN4O/c1-17-12(15-11(7-14)16-17)6-8-5-9(13)3-4-10(8)18-2/h3-5H,6-7,14H2,1-2H3. The Morgan fingerprint density at radius 2 is 2.22 bits per heavy atom. The van der Waals surface area contributed by atoms with E-state index >= 15 is 0 Å². The number of nitrogens with two attached hydrogens (primary N) is 1. The molecule has 96 valence electrons. The van der Waals surface area contributed by atoms with Gasteiger partial charge in [0.15, 0.2) is 5.82 Å². The van der Waals surface area contributed by atoms with Crippen molar-refractivity contribution in [1.82, 2.24) is 14.8 Å². The number of halogens is 1. The summed E-state index contributed by atoms with van der Waals surface area (Å²) < 4.78 is 7.03. The summed E-state index contributed by atoms with van der Waals surface area (Å²) in [5.74, 6) is 2.25. The molecule has 1 heterocycles. The predicted octanol–water partition coefficient (Wildman–Crippen LogP) is 1.53. The predicted molar refractivity (Wildman–Crippen MR) is 69.7 cm³/mol. The van der Waals surface area contributed by atoms with Gasteiger partial charge in [0.25, 0.3) is 0 Å². The molecular formula is C12H15ClN4O. The molecule has 0 amide bonds. The fourth-order valence-electron chi connectivity index (χ4n) is 1.77. The monoisotopic (exact) mass is 266 g/mol. The third kappa shape index (κ3) is 2.63. The molecule has 2 rings (SSSR count). The number of aryl methyl sites for hydroxylation is 1. The van der Waals surface area contributed by atoms with Gasteiger partial charge in [0.2, 0.25) is 0 Å². The summed E-state index contributed by atoms with van der Waals surface area (Å²) >= 11 is 5.99. The van der Waals surface area contributed by atoms with Crippen LogP contribution in [0.3, 0.4) is 0 Å². The van der Waals surface area contributed by atoms with E-state index in [-0.39, 0.29) is 0 Å². The van der Waals surface area contributed by atoms with Gasteiger partial charge >= 0.3 is 0 Å². The topological polar surface area (TPSA) is 66.0 Å². The van der Waals surface area contributed by atoms with E-state index in [9.17, 15) is 0 Å². The van der Waals surface area contributed by atoms with E-state index in [1.807, 2.05) is 19.2 Å². The van der Waals surface area contributed by atoms with Gasteiger partial charge in [-0.2, -0.15) is 5.10 Å². The summed E-state index contributed by atoms with van der Waals surface area (Å²) in [4.78, 5) is 4.36. The number of ether oxygens (including phenoxy) is 1. The summed E-state index contributed by atoms with van der Waals surface area (Å²) in [5.41, 5.74) is 6.50. The molecule has 0 aliphatic heterocycles. The van der Waals surface area contributed by atoms with E-state index in [4.69, 9.17) is 22.1 Å². The molecule has 0 fully saturated rings. The first-order valence-corrected chi connectivity index (χ1v) is 5.93. The van der Waals surface area contributed by atoms with Gasteiger partial charge in [0, 0.05) is 24.1 Å². The normalized spacial score (nSPS) is 10.7. The molecule has 0 aliphatic rings. The Bertz CT molecular complexity index is 553. The fourth-order valence-corrected chi connectivity index (χ4v) is 1.97. The molecule has 0 aliphatic carbocycles. The lowest BCUT2D eigenvalue weighted by molar-refractivity contribution is 0.410. The Balaban J connectivity index is 2.32. The van der Waals surface area contributed by atoms with Gasteiger partial charge in [-0.1, -0.05) is 11.6 Å². The summed E-state index contributed by atoms with van der Waals surface area (Å²) in [6.45, 7) is 0.334. The van der Waals surface area contributed by atoms with Crippen LogP contribution in [0.2, 0.25) is 5.02 Å². The minimum Gasteiger partial charge on any atom is -0.496 e. The van der Waals surface area contributed by atoms with Crippen molar-refractivity contribution in [1.29, 1.82) is 0 Å². The summed E-state index contributed by atoms with van der Waals surface area (Å²) in [6, 6.07) is 5.51. The number of rotatable bonds is 4. The second-order valence-corrected chi connectivity index (χ2v) is 4.34. The number of hydrogen-bond acceptors (Lipinski definition) is 4. The maximum absolute atomic E-state index is 5.99. The van der Waals surface area contributed by atoms with Crippen LogP contribution < -0.4 is 10.5 Å². The Morgan fingerprint density at radius 1 is 1.44 bits per heavy atom. The lowest BCUT2D eigenvalue weighted by Crippen LogP contribution is -2.02. The van der Waals surface area contributed by atoms with Crippen LogP contribution in [0.1, 0.15) is 17.2 Å². The minimum absolute atomic E-state index is 0.334. The van der Waals surface area contributed by atoms with E-state index in [2.05, 4.69) is 10.1 Å². The SMILES string of the molecule is COc1ccc(Cl)cc1Cc1nc(CN)nn1C. The van der Waals surface area contributed by atoms with Crippen LogP contribution in [-0.4, -0.2) is 21.9 Å². The van der Waals surface area contributed by atoms with Crippen molar-refractivity contribution in [2.24, 2.45) is 12.8 Å². The van der Waals surface area contributed by atoms with Gasteiger partial charge in [-0.3, -0.25) is 4.68 Å². The van der Waals surface area contributed by atoms with Crippen LogP contribution in [0.4, 0.5) is 0 Å². The van der Waals surface area contributed by atoms with Crippen molar-refractivity contribution in [3.63, 3.8) is 0 Å². The van der Waals surface area contributed by atoms with Crippen LogP contribution in [0.15, 0.2) is 18.2 Å². The number of methoxy groups -OCH3 is 1. The molecule has 2 N–H and O–H groups in total. The second-order valence-electron chi connectivity index (χ2n) is 3.90. The van der Waals surface area contributed by atoms with Gasteiger partial charge in [0.1, 0.15) is 11.6 Å². The summed E-state index contributed by atoms with van der Waals surface area (Å²) in [7, 11) is 3.48. The molecule has 0 spiro atoms. The molecule has 0 atom stereocenters. The Kier molecular flexibility index (Phi) is 3.84. The van der Waals surface area contributed by atoms with Gasteiger partial charge in [0.05, 0.1) is 13.7 Å². The van der Waals surface area contributed by atoms with E-state index in [0.29, 0.717) is 23.8 Å². The first-order chi connectivity index (χ1) is 8.63. The first kappa shape index (κ1) is 12.9. The van der Waals surface area contributed by atoms with Crippen molar-refractivity contribution in [2.45, 2.75) is 13.0 Å². The Labute approximate surface area is 111 Å². The second kappa shape index (κ2) is 5.37. The fraction of sp³-hybridized carbons (Fsp3) is 0.333. The van der Waals surface area contributed by atoms with Crippen LogP contribution >= 0.6 is 11.6 Å². The Hall–Kier alpha value is -1.59. The highest BCUT2D eigenvalue weighted by atomic mass is 35.5. The number of aromatic nitrogens is 3. The third-order valence-corrected chi connectivity index (χ3v) is 2.91. The minimum atomic E-state index is 0.334. The lowest BCUT2D eigenvalue weighted by atomic mass is 10.1.